The number of halogens is 3. The van der Waals surface area contributed by atoms with Gasteiger partial charge in [-0.05, 0) is 56.0 Å². The zero-order chi connectivity index (χ0) is 25.9. The molecular weight excluding hydrogens is 473 g/mol. The number of carbonyl (C=O) groups excluding carboxylic acids is 1. The van der Waals surface area contributed by atoms with Gasteiger partial charge in [-0.2, -0.15) is 13.2 Å². The van der Waals surface area contributed by atoms with Gasteiger partial charge in [-0.15, -0.1) is 0 Å². The van der Waals surface area contributed by atoms with E-state index in [0.717, 1.165) is 55.8 Å². The number of alkyl halides is 3. The number of methoxy groups -OCH3 is 1. The van der Waals surface area contributed by atoms with E-state index in [4.69, 9.17) is 4.74 Å². The number of hydrogen-bond acceptors (Lipinski definition) is 6. The summed E-state index contributed by atoms with van der Waals surface area (Å²) in [5.41, 5.74) is -0.0319. The quantitative estimate of drug-likeness (QED) is 0.511. The molecule has 1 saturated carbocycles. The van der Waals surface area contributed by atoms with E-state index in [-0.39, 0.29) is 18.2 Å². The number of amides is 1. The van der Waals surface area contributed by atoms with Crippen molar-refractivity contribution in [1.82, 2.24) is 20.5 Å². The molecule has 194 valence electrons. The average Bonchev–Trinajstić information content (AvgIpc) is 2.85. The minimum absolute atomic E-state index is 0.160. The zero-order valence-electron chi connectivity index (χ0n) is 20.1. The van der Waals surface area contributed by atoms with Gasteiger partial charge in [0, 0.05) is 48.2 Å². The molecule has 7 nitrogen and oxygen atoms in total. The molecule has 0 bridgehead atoms. The molecule has 1 aromatic heterocycles. The molecule has 1 aliphatic heterocycles. The molecular formula is C26H31F3N4O3. The number of carbonyl (C=O) groups is 1. The number of aliphatic hydroxyl groups is 1. The highest BCUT2D eigenvalue weighted by Gasteiger charge is 2.40. The highest BCUT2D eigenvalue weighted by atomic mass is 19.4. The largest absolute Gasteiger partial charge is 0.481 e. The first kappa shape index (κ1) is 26.0. The lowest BCUT2D eigenvalue weighted by Crippen LogP contribution is -2.62. The minimum atomic E-state index is -4.43. The van der Waals surface area contributed by atoms with Crippen molar-refractivity contribution < 1.29 is 27.8 Å². The predicted molar refractivity (Wildman–Crippen MR) is 128 cm³/mol. The summed E-state index contributed by atoms with van der Waals surface area (Å²) >= 11 is 0. The average molecular weight is 505 g/mol. The lowest BCUT2D eigenvalue weighted by molar-refractivity contribution is -0.137. The van der Waals surface area contributed by atoms with Crippen LogP contribution in [0.5, 0.6) is 5.88 Å². The molecule has 0 unspecified atom stereocenters. The standard InChI is InChI=1S/C26H31F3N4O3/c1-17(13-31-24(34)18-3-5-19(6-4-18)26(27,28)29)32-21-15-33(16-21)22-9-11-25(35,12-10-22)20-7-8-23(36-2)30-14-20/h3-8,14,21-22,32,35H,1,9-13,15-16H2,2H3,(H,31,34). The fourth-order valence-electron chi connectivity index (χ4n) is 4.85. The number of likely N-dealkylation sites (tertiary alicyclic amines) is 1. The number of pyridine rings is 1. The van der Waals surface area contributed by atoms with Gasteiger partial charge in [0.1, 0.15) is 0 Å². The van der Waals surface area contributed by atoms with Crippen LogP contribution in [0.15, 0.2) is 54.9 Å². The van der Waals surface area contributed by atoms with E-state index in [1.165, 1.54) is 0 Å². The molecule has 0 atom stereocenters. The van der Waals surface area contributed by atoms with Gasteiger partial charge in [-0.3, -0.25) is 9.69 Å². The summed E-state index contributed by atoms with van der Waals surface area (Å²) in [5.74, 6) is 0.0690. The Morgan fingerprint density at radius 3 is 2.42 bits per heavy atom. The molecule has 2 fully saturated rings. The predicted octanol–water partition coefficient (Wildman–Crippen LogP) is 3.46. The maximum atomic E-state index is 12.7. The normalized spacial score (nSPS) is 23.0. The molecule has 2 aromatic rings. The molecule has 10 heteroatoms. The van der Waals surface area contributed by atoms with Gasteiger partial charge >= 0.3 is 6.18 Å². The van der Waals surface area contributed by atoms with Gasteiger partial charge in [0.05, 0.1) is 30.9 Å². The zero-order valence-corrected chi connectivity index (χ0v) is 20.1. The van der Waals surface area contributed by atoms with Gasteiger partial charge in [-0.25, -0.2) is 4.98 Å². The smallest absolute Gasteiger partial charge is 0.416 e. The van der Waals surface area contributed by atoms with Crippen LogP contribution in [0.25, 0.3) is 0 Å². The van der Waals surface area contributed by atoms with Crippen LogP contribution < -0.4 is 15.4 Å². The number of nitrogens with zero attached hydrogens (tertiary/aromatic N) is 2. The molecule has 1 aromatic carbocycles. The first-order chi connectivity index (χ1) is 17.1. The second-order valence-electron chi connectivity index (χ2n) is 9.51. The summed E-state index contributed by atoms with van der Waals surface area (Å²) in [7, 11) is 1.56. The Hall–Kier alpha value is -3.11. The van der Waals surface area contributed by atoms with Crippen molar-refractivity contribution in [1.29, 1.82) is 0 Å². The van der Waals surface area contributed by atoms with Crippen LogP contribution in [-0.2, 0) is 11.8 Å². The number of nitrogens with one attached hydrogen (secondary N) is 2. The van der Waals surface area contributed by atoms with Gasteiger partial charge in [0.2, 0.25) is 5.88 Å². The van der Waals surface area contributed by atoms with E-state index in [1.807, 2.05) is 6.07 Å². The molecule has 1 amide bonds. The van der Waals surface area contributed by atoms with Gasteiger partial charge in [0.15, 0.2) is 0 Å². The van der Waals surface area contributed by atoms with Crippen molar-refractivity contribution in [2.45, 2.75) is 49.5 Å². The Kier molecular flexibility index (Phi) is 7.56. The summed E-state index contributed by atoms with van der Waals surface area (Å²) in [6.45, 7) is 5.83. The molecule has 36 heavy (non-hydrogen) atoms. The second-order valence-corrected chi connectivity index (χ2v) is 9.51. The number of ether oxygens (including phenoxy) is 1. The minimum Gasteiger partial charge on any atom is -0.481 e. The van der Waals surface area contributed by atoms with Crippen LogP contribution in [0, 0.1) is 0 Å². The van der Waals surface area contributed by atoms with Crippen molar-refractivity contribution in [2.24, 2.45) is 0 Å². The van der Waals surface area contributed by atoms with E-state index in [0.29, 0.717) is 30.5 Å². The van der Waals surface area contributed by atoms with E-state index in [2.05, 4.69) is 27.1 Å². The van der Waals surface area contributed by atoms with Crippen LogP contribution in [0.2, 0.25) is 0 Å². The highest BCUT2D eigenvalue weighted by Crippen LogP contribution is 2.39. The molecule has 0 spiro atoms. The second kappa shape index (κ2) is 10.5. The summed E-state index contributed by atoms with van der Waals surface area (Å²) in [6.07, 6.45) is 0.367. The Labute approximate surface area is 208 Å². The Bertz CT molecular complexity index is 1060. The third-order valence-electron chi connectivity index (χ3n) is 7.04. The van der Waals surface area contributed by atoms with Crippen LogP contribution >= 0.6 is 0 Å². The van der Waals surface area contributed by atoms with E-state index in [1.54, 1.807) is 19.4 Å². The third-order valence-corrected chi connectivity index (χ3v) is 7.04. The van der Waals surface area contributed by atoms with Crippen molar-refractivity contribution in [3.05, 3.63) is 71.6 Å². The van der Waals surface area contributed by atoms with E-state index in [9.17, 15) is 23.1 Å². The van der Waals surface area contributed by atoms with Crippen molar-refractivity contribution >= 4 is 5.91 Å². The topological polar surface area (TPSA) is 86.7 Å². The van der Waals surface area contributed by atoms with Crippen molar-refractivity contribution in [2.75, 3.05) is 26.7 Å². The Balaban J connectivity index is 1.16. The molecule has 3 N–H and O–H groups in total. The number of hydrogen-bond donors (Lipinski definition) is 3. The third kappa shape index (κ3) is 5.99. The highest BCUT2D eigenvalue weighted by molar-refractivity contribution is 5.94. The molecule has 2 aliphatic rings. The van der Waals surface area contributed by atoms with Gasteiger partial charge in [-0.1, -0.05) is 6.58 Å². The SMILES string of the molecule is C=C(CNC(=O)c1ccc(C(F)(F)F)cc1)NC1CN(C2CCC(O)(c3ccc(OC)nc3)CC2)C1. The molecule has 1 aliphatic carbocycles. The Morgan fingerprint density at radius 1 is 1.19 bits per heavy atom. The lowest BCUT2D eigenvalue weighted by atomic mass is 9.77. The van der Waals surface area contributed by atoms with Gasteiger partial charge in [0.25, 0.3) is 5.91 Å². The van der Waals surface area contributed by atoms with Crippen LogP contribution in [-0.4, -0.2) is 59.7 Å². The number of rotatable bonds is 8. The first-order valence-corrected chi connectivity index (χ1v) is 11.9. The maximum Gasteiger partial charge on any atom is 0.416 e. The van der Waals surface area contributed by atoms with Crippen LogP contribution in [0.1, 0.15) is 47.2 Å². The van der Waals surface area contributed by atoms with Crippen molar-refractivity contribution in [3.63, 3.8) is 0 Å². The summed E-state index contributed by atoms with van der Waals surface area (Å²) in [5, 5.41) is 17.1. The lowest BCUT2D eigenvalue weighted by Gasteiger charge is -2.48. The van der Waals surface area contributed by atoms with E-state index >= 15 is 0 Å². The molecule has 2 heterocycles. The summed E-state index contributed by atoms with van der Waals surface area (Å²) < 4.78 is 43.1. The molecule has 0 radical (unpaired) electrons. The summed E-state index contributed by atoms with van der Waals surface area (Å²) in [4.78, 5) is 18.8. The first-order valence-electron chi connectivity index (χ1n) is 11.9. The molecule has 1 saturated heterocycles. The monoisotopic (exact) mass is 504 g/mol. The number of aromatic nitrogens is 1. The number of benzene rings is 1. The van der Waals surface area contributed by atoms with Gasteiger partial charge < -0.3 is 20.5 Å². The molecule has 4 rings (SSSR count). The van der Waals surface area contributed by atoms with Crippen LogP contribution in [0.3, 0.4) is 0 Å². The van der Waals surface area contributed by atoms with Crippen LogP contribution in [0.4, 0.5) is 13.2 Å². The fraction of sp³-hybridized carbons (Fsp3) is 0.462. The fourth-order valence-corrected chi connectivity index (χ4v) is 4.85. The van der Waals surface area contributed by atoms with E-state index < -0.39 is 23.2 Å². The van der Waals surface area contributed by atoms with Crippen molar-refractivity contribution in [3.8, 4) is 5.88 Å². The maximum absolute atomic E-state index is 12.7. The summed E-state index contributed by atoms with van der Waals surface area (Å²) in [6, 6.07) is 8.37. The Morgan fingerprint density at radius 2 is 1.86 bits per heavy atom.